The summed E-state index contributed by atoms with van der Waals surface area (Å²) in [6.07, 6.45) is -2.14. The molecule has 0 unspecified atom stereocenters. The standard InChI is InChI=1S/C11H13F3N4O/c1-17-9(8(15)6-16-17)10(19)18-4-2-7(3-5-18)11(12,13)14/h2,6H,3-5,15H2,1H3. The topological polar surface area (TPSA) is 64.2 Å². The number of amides is 1. The van der Waals surface area contributed by atoms with E-state index in [-0.39, 0.29) is 30.9 Å². The van der Waals surface area contributed by atoms with Crippen molar-refractivity contribution in [1.29, 1.82) is 0 Å². The maximum absolute atomic E-state index is 12.5. The molecule has 2 heterocycles. The number of alkyl halides is 3. The molecule has 0 spiro atoms. The maximum Gasteiger partial charge on any atom is 0.412 e. The molecule has 0 bridgehead atoms. The quantitative estimate of drug-likeness (QED) is 0.786. The number of aromatic nitrogens is 2. The van der Waals surface area contributed by atoms with Gasteiger partial charge in [-0.2, -0.15) is 18.3 Å². The summed E-state index contributed by atoms with van der Waals surface area (Å²) in [6, 6.07) is 0. The van der Waals surface area contributed by atoms with E-state index >= 15 is 0 Å². The number of nitrogens with two attached hydrogens (primary N) is 1. The predicted molar refractivity (Wildman–Crippen MR) is 62.3 cm³/mol. The fraction of sp³-hybridized carbons (Fsp3) is 0.455. The summed E-state index contributed by atoms with van der Waals surface area (Å²) in [7, 11) is 1.56. The Morgan fingerprint density at radius 3 is 2.58 bits per heavy atom. The van der Waals surface area contributed by atoms with Crippen LogP contribution in [0.4, 0.5) is 18.9 Å². The summed E-state index contributed by atoms with van der Waals surface area (Å²) in [6.45, 7) is -0.0485. The van der Waals surface area contributed by atoms with E-state index in [9.17, 15) is 18.0 Å². The normalized spacial score (nSPS) is 16.4. The fourth-order valence-electron chi connectivity index (χ4n) is 1.98. The predicted octanol–water partition coefficient (Wildman–Crippen LogP) is 1.34. The SMILES string of the molecule is Cn1ncc(N)c1C(=O)N1CC=C(C(F)(F)F)CC1. The van der Waals surface area contributed by atoms with Gasteiger partial charge in [0.05, 0.1) is 11.9 Å². The van der Waals surface area contributed by atoms with Gasteiger partial charge >= 0.3 is 6.18 Å². The Kier molecular flexibility index (Phi) is 3.25. The summed E-state index contributed by atoms with van der Waals surface area (Å²) in [5, 5.41) is 3.84. The summed E-state index contributed by atoms with van der Waals surface area (Å²) < 4.78 is 38.7. The van der Waals surface area contributed by atoms with Crippen LogP contribution in [0.1, 0.15) is 16.9 Å². The van der Waals surface area contributed by atoms with Crippen molar-refractivity contribution < 1.29 is 18.0 Å². The minimum atomic E-state index is -4.32. The van der Waals surface area contributed by atoms with Gasteiger partial charge in [0.15, 0.2) is 0 Å². The van der Waals surface area contributed by atoms with E-state index in [1.165, 1.54) is 15.8 Å². The molecule has 2 N–H and O–H groups in total. The minimum Gasteiger partial charge on any atom is -0.396 e. The first-order chi connectivity index (χ1) is 8.80. The highest BCUT2D eigenvalue weighted by Crippen LogP contribution is 2.30. The van der Waals surface area contributed by atoms with E-state index in [1.54, 1.807) is 7.05 Å². The van der Waals surface area contributed by atoms with Crippen molar-refractivity contribution in [2.45, 2.75) is 12.6 Å². The number of hydrogen-bond acceptors (Lipinski definition) is 3. The first-order valence-corrected chi connectivity index (χ1v) is 5.63. The zero-order valence-corrected chi connectivity index (χ0v) is 10.2. The highest BCUT2D eigenvalue weighted by Gasteiger charge is 2.36. The Hall–Kier alpha value is -1.99. The first kappa shape index (κ1) is 13.4. The second-order valence-electron chi connectivity index (χ2n) is 4.30. The van der Waals surface area contributed by atoms with Gasteiger partial charge in [-0.25, -0.2) is 0 Å². The van der Waals surface area contributed by atoms with Crippen LogP contribution >= 0.6 is 0 Å². The molecule has 0 saturated carbocycles. The lowest BCUT2D eigenvalue weighted by Gasteiger charge is -2.27. The molecule has 1 aliphatic rings. The van der Waals surface area contributed by atoms with Crippen LogP contribution in [0.25, 0.3) is 0 Å². The van der Waals surface area contributed by atoms with Crippen LogP contribution in [0, 0.1) is 0 Å². The van der Waals surface area contributed by atoms with Crippen molar-refractivity contribution in [2.75, 3.05) is 18.8 Å². The molecule has 0 atom stereocenters. The second-order valence-corrected chi connectivity index (χ2v) is 4.30. The van der Waals surface area contributed by atoms with E-state index in [4.69, 9.17) is 5.73 Å². The van der Waals surface area contributed by atoms with Crippen LogP contribution in [0.5, 0.6) is 0 Å². The van der Waals surface area contributed by atoms with Gasteiger partial charge in [-0.3, -0.25) is 9.48 Å². The van der Waals surface area contributed by atoms with Gasteiger partial charge in [0.1, 0.15) is 5.69 Å². The van der Waals surface area contributed by atoms with Crippen molar-refractivity contribution in [1.82, 2.24) is 14.7 Å². The van der Waals surface area contributed by atoms with Gasteiger partial charge in [-0.1, -0.05) is 6.08 Å². The molecule has 1 aromatic rings. The molecule has 104 valence electrons. The van der Waals surface area contributed by atoms with Gasteiger partial charge in [-0.05, 0) is 6.42 Å². The molecule has 1 amide bonds. The van der Waals surface area contributed by atoms with E-state index in [1.807, 2.05) is 0 Å². The molecule has 5 nitrogen and oxygen atoms in total. The summed E-state index contributed by atoms with van der Waals surface area (Å²) in [5.74, 6) is -0.407. The lowest BCUT2D eigenvalue weighted by atomic mass is 10.1. The first-order valence-electron chi connectivity index (χ1n) is 5.63. The lowest BCUT2D eigenvalue weighted by Crippen LogP contribution is -2.38. The Morgan fingerprint density at radius 2 is 2.16 bits per heavy atom. The number of hydrogen-bond donors (Lipinski definition) is 1. The summed E-state index contributed by atoms with van der Waals surface area (Å²) in [5.41, 5.74) is 5.45. The van der Waals surface area contributed by atoms with Crippen LogP contribution in [0.2, 0.25) is 0 Å². The number of anilines is 1. The molecule has 0 aromatic carbocycles. The van der Waals surface area contributed by atoms with Crippen molar-refractivity contribution in [3.63, 3.8) is 0 Å². The van der Waals surface area contributed by atoms with Crippen molar-refractivity contribution in [3.05, 3.63) is 23.5 Å². The summed E-state index contributed by atoms with van der Waals surface area (Å²) >= 11 is 0. The van der Waals surface area contributed by atoms with Gasteiger partial charge in [0.2, 0.25) is 0 Å². The molecule has 19 heavy (non-hydrogen) atoms. The van der Waals surface area contributed by atoms with E-state index in [2.05, 4.69) is 5.10 Å². The highest BCUT2D eigenvalue weighted by atomic mass is 19.4. The number of nitrogen functional groups attached to an aromatic ring is 1. The average molecular weight is 274 g/mol. The highest BCUT2D eigenvalue weighted by molar-refractivity contribution is 5.97. The lowest BCUT2D eigenvalue weighted by molar-refractivity contribution is -0.0957. The Morgan fingerprint density at radius 1 is 1.47 bits per heavy atom. The molecule has 0 saturated heterocycles. The van der Waals surface area contributed by atoms with Crippen molar-refractivity contribution >= 4 is 11.6 Å². The van der Waals surface area contributed by atoms with Crippen LogP contribution in [-0.2, 0) is 7.05 Å². The van der Waals surface area contributed by atoms with Crippen LogP contribution in [0.15, 0.2) is 17.8 Å². The molecule has 0 radical (unpaired) electrons. The fourth-order valence-corrected chi connectivity index (χ4v) is 1.98. The Balaban J connectivity index is 2.15. The van der Waals surface area contributed by atoms with Gasteiger partial charge in [-0.15, -0.1) is 0 Å². The molecule has 1 aliphatic heterocycles. The van der Waals surface area contributed by atoms with Gasteiger partial charge in [0, 0.05) is 25.7 Å². The smallest absolute Gasteiger partial charge is 0.396 e. The maximum atomic E-state index is 12.5. The van der Waals surface area contributed by atoms with E-state index in [0.717, 1.165) is 6.08 Å². The molecule has 1 aromatic heterocycles. The third-order valence-corrected chi connectivity index (χ3v) is 3.03. The molecular weight excluding hydrogens is 261 g/mol. The van der Waals surface area contributed by atoms with Gasteiger partial charge < -0.3 is 10.6 Å². The third-order valence-electron chi connectivity index (χ3n) is 3.03. The Labute approximate surface area is 107 Å². The van der Waals surface area contributed by atoms with Gasteiger partial charge in [0.25, 0.3) is 5.91 Å². The number of rotatable bonds is 1. The molecule has 0 fully saturated rings. The van der Waals surface area contributed by atoms with E-state index in [0.29, 0.717) is 0 Å². The minimum absolute atomic E-state index is 0.0226. The number of carbonyl (C=O) groups is 1. The number of carbonyl (C=O) groups excluding carboxylic acids is 1. The molecule has 8 heteroatoms. The molecular formula is C11H13F3N4O. The second kappa shape index (κ2) is 4.60. The van der Waals surface area contributed by atoms with Crippen molar-refractivity contribution in [2.24, 2.45) is 7.05 Å². The van der Waals surface area contributed by atoms with Crippen molar-refractivity contribution in [3.8, 4) is 0 Å². The average Bonchev–Trinajstić information content (AvgIpc) is 2.67. The molecule has 0 aliphatic carbocycles. The van der Waals surface area contributed by atoms with Crippen LogP contribution < -0.4 is 5.73 Å². The van der Waals surface area contributed by atoms with Crippen LogP contribution in [0.3, 0.4) is 0 Å². The zero-order valence-electron chi connectivity index (χ0n) is 10.2. The van der Waals surface area contributed by atoms with E-state index < -0.39 is 17.7 Å². The number of halogens is 3. The monoisotopic (exact) mass is 274 g/mol. The number of aryl methyl sites for hydroxylation is 1. The van der Waals surface area contributed by atoms with Crippen LogP contribution in [-0.4, -0.2) is 39.9 Å². The molecule has 2 rings (SSSR count). The third kappa shape index (κ3) is 2.56. The zero-order chi connectivity index (χ0) is 14.2. The summed E-state index contributed by atoms with van der Waals surface area (Å²) in [4.78, 5) is 13.5. The number of nitrogens with zero attached hydrogens (tertiary/aromatic N) is 3. The Bertz CT molecular complexity index is 513. The largest absolute Gasteiger partial charge is 0.412 e.